The van der Waals surface area contributed by atoms with E-state index in [1.165, 1.54) is 7.11 Å². The fraction of sp³-hybridized carbons (Fsp3) is 0.0909. The second-order valence-electron chi connectivity index (χ2n) is 3.10. The number of esters is 1. The Labute approximate surface area is 86.7 Å². The molecule has 0 bridgehead atoms. The fourth-order valence-corrected chi connectivity index (χ4v) is 1.46. The zero-order valence-corrected chi connectivity index (χ0v) is 8.23. The Bertz CT molecular complexity index is 523. The first-order chi connectivity index (χ1) is 7.22. The van der Waals surface area contributed by atoms with Crippen molar-refractivity contribution in [1.29, 1.82) is 0 Å². The molecule has 15 heavy (non-hydrogen) atoms. The van der Waals surface area contributed by atoms with Gasteiger partial charge in [-0.3, -0.25) is 0 Å². The number of fused-ring (bicyclic) bond motifs is 1. The maximum atomic E-state index is 11.4. The Kier molecular flexibility index (Phi) is 2.25. The van der Waals surface area contributed by atoms with Gasteiger partial charge >= 0.3 is 5.97 Å². The molecule has 2 aromatic rings. The summed E-state index contributed by atoms with van der Waals surface area (Å²) in [5.74, 6) is 0.0664. The number of nitrogens with two attached hydrogens (primary N) is 1. The maximum Gasteiger partial charge on any atom is 0.338 e. The summed E-state index contributed by atoms with van der Waals surface area (Å²) in [7, 11) is 1.35. The lowest BCUT2D eigenvalue weighted by Crippen LogP contribution is -2.02. The topological polar surface area (TPSA) is 65.2 Å². The summed E-state index contributed by atoms with van der Waals surface area (Å²) in [6.07, 6.45) is 0. The molecule has 1 aromatic heterocycles. The number of anilines is 1. The molecule has 0 saturated carbocycles. The summed E-state index contributed by atoms with van der Waals surface area (Å²) in [4.78, 5) is 15.6. The number of carbonyl (C=O) groups excluding carboxylic acids is 1. The number of carbonyl (C=O) groups is 1. The SMILES string of the molecule is COC(=O)c1cccc2nc(N)ccc12. The van der Waals surface area contributed by atoms with Crippen LogP contribution in [0.3, 0.4) is 0 Å². The quantitative estimate of drug-likeness (QED) is 0.713. The second-order valence-corrected chi connectivity index (χ2v) is 3.10. The number of hydrogen-bond donors (Lipinski definition) is 1. The van der Waals surface area contributed by atoms with Crippen molar-refractivity contribution >= 4 is 22.7 Å². The van der Waals surface area contributed by atoms with E-state index in [9.17, 15) is 4.79 Å². The van der Waals surface area contributed by atoms with Crippen molar-refractivity contribution in [3.8, 4) is 0 Å². The predicted molar refractivity (Wildman–Crippen MR) is 57.5 cm³/mol. The number of methoxy groups -OCH3 is 1. The van der Waals surface area contributed by atoms with Crippen molar-refractivity contribution in [3.63, 3.8) is 0 Å². The number of nitrogens with zero attached hydrogens (tertiary/aromatic N) is 1. The molecule has 4 nitrogen and oxygen atoms in total. The van der Waals surface area contributed by atoms with E-state index < -0.39 is 0 Å². The molecule has 0 amide bonds. The lowest BCUT2D eigenvalue weighted by molar-refractivity contribution is 0.0603. The minimum absolute atomic E-state index is 0.368. The van der Waals surface area contributed by atoms with Crippen molar-refractivity contribution in [2.45, 2.75) is 0 Å². The molecule has 0 radical (unpaired) electrons. The van der Waals surface area contributed by atoms with Gasteiger partial charge in [0, 0.05) is 5.39 Å². The molecule has 0 aliphatic rings. The van der Waals surface area contributed by atoms with Gasteiger partial charge in [-0.05, 0) is 24.3 Å². The lowest BCUT2D eigenvalue weighted by atomic mass is 10.1. The molecule has 0 aliphatic heterocycles. The minimum Gasteiger partial charge on any atom is -0.465 e. The summed E-state index contributed by atoms with van der Waals surface area (Å²) < 4.78 is 4.68. The molecule has 0 saturated heterocycles. The summed E-state index contributed by atoms with van der Waals surface area (Å²) in [5.41, 5.74) is 6.75. The normalized spacial score (nSPS) is 10.2. The van der Waals surface area contributed by atoms with Crippen LogP contribution in [-0.4, -0.2) is 18.1 Å². The van der Waals surface area contributed by atoms with Crippen LogP contribution >= 0.6 is 0 Å². The van der Waals surface area contributed by atoms with Gasteiger partial charge in [-0.25, -0.2) is 9.78 Å². The Balaban J connectivity index is 2.71. The van der Waals surface area contributed by atoms with Gasteiger partial charge in [-0.1, -0.05) is 6.07 Å². The highest BCUT2D eigenvalue weighted by Gasteiger charge is 2.09. The molecule has 0 unspecified atom stereocenters. The van der Waals surface area contributed by atoms with Crippen molar-refractivity contribution < 1.29 is 9.53 Å². The molecule has 0 spiro atoms. The summed E-state index contributed by atoms with van der Waals surface area (Å²) in [5, 5.41) is 0.749. The van der Waals surface area contributed by atoms with E-state index in [-0.39, 0.29) is 5.97 Å². The van der Waals surface area contributed by atoms with Crippen LogP contribution in [0.15, 0.2) is 30.3 Å². The van der Waals surface area contributed by atoms with Gasteiger partial charge in [0.15, 0.2) is 0 Å². The van der Waals surface area contributed by atoms with Gasteiger partial charge in [-0.15, -0.1) is 0 Å². The molecule has 76 valence electrons. The number of nitrogen functional groups attached to an aromatic ring is 1. The van der Waals surface area contributed by atoms with E-state index in [4.69, 9.17) is 5.73 Å². The fourth-order valence-electron chi connectivity index (χ4n) is 1.46. The standard InChI is InChI=1S/C11H10N2O2/c1-15-11(14)8-3-2-4-9-7(8)5-6-10(12)13-9/h2-6H,1H3,(H2,12,13). The molecular formula is C11H10N2O2. The Morgan fingerprint density at radius 3 is 2.87 bits per heavy atom. The van der Waals surface area contributed by atoms with Crippen molar-refractivity contribution in [2.75, 3.05) is 12.8 Å². The average Bonchev–Trinajstić information content (AvgIpc) is 2.26. The molecular weight excluding hydrogens is 192 g/mol. The van der Waals surface area contributed by atoms with Crippen LogP contribution in [0.2, 0.25) is 0 Å². The number of ether oxygens (including phenoxy) is 1. The molecule has 0 fully saturated rings. The highest BCUT2D eigenvalue weighted by Crippen LogP contribution is 2.18. The summed E-state index contributed by atoms with van der Waals surface area (Å²) in [6.45, 7) is 0. The van der Waals surface area contributed by atoms with Crippen LogP contribution in [0.5, 0.6) is 0 Å². The summed E-state index contributed by atoms with van der Waals surface area (Å²) >= 11 is 0. The highest BCUT2D eigenvalue weighted by atomic mass is 16.5. The third-order valence-electron chi connectivity index (χ3n) is 2.16. The molecule has 1 heterocycles. The van der Waals surface area contributed by atoms with E-state index in [1.54, 1.807) is 30.3 Å². The van der Waals surface area contributed by atoms with Crippen LogP contribution in [0.1, 0.15) is 10.4 Å². The average molecular weight is 202 g/mol. The first-order valence-electron chi connectivity index (χ1n) is 4.46. The van der Waals surface area contributed by atoms with Crippen LogP contribution in [0, 0.1) is 0 Å². The van der Waals surface area contributed by atoms with Gasteiger partial charge in [0.05, 0.1) is 18.2 Å². The Morgan fingerprint density at radius 1 is 1.33 bits per heavy atom. The number of hydrogen-bond acceptors (Lipinski definition) is 4. The Morgan fingerprint density at radius 2 is 2.13 bits per heavy atom. The van der Waals surface area contributed by atoms with Crippen LogP contribution in [0.25, 0.3) is 10.9 Å². The molecule has 0 atom stereocenters. The molecule has 2 N–H and O–H groups in total. The van der Waals surface area contributed by atoms with Crippen LogP contribution < -0.4 is 5.73 Å². The monoisotopic (exact) mass is 202 g/mol. The van der Waals surface area contributed by atoms with Crippen molar-refractivity contribution in [2.24, 2.45) is 0 Å². The third-order valence-corrected chi connectivity index (χ3v) is 2.16. The maximum absolute atomic E-state index is 11.4. The van der Waals surface area contributed by atoms with Crippen LogP contribution in [0.4, 0.5) is 5.82 Å². The van der Waals surface area contributed by atoms with E-state index >= 15 is 0 Å². The zero-order valence-electron chi connectivity index (χ0n) is 8.23. The number of benzene rings is 1. The molecule has 1 aromatic carbocycles. The number of aromatic nitrogens is 1. The molecule has 2 rings (SSSR count). The van der Waals surface area contributed by atoms with E-state index in [0.717, 1.165) is 5.39 Å². The second kappa shape index (κ2) is 3.57. The molecule has 4 heteroatoms. The van der Waals surface area contributed by atoms with Gasteiger partial charge in [0.1, 0.15) is 5.82 Å². The lowest BCUT2D eigenvalue weighted by Gasteiger charge is -2.04. The molecule has 0 aliphatic carbocycles. The Hall–Kier alpha value is -2.10. The minimum atomic E-state index is -0.368. The smallest absolute Gasteiger partial charge is 0.338 e. The number of rotatable bonds is 1. The van der Waals surface area contributed by atoms with Gasteiger partial charge < -0.3 is 10.5 Å². The van der Waals surface area contributed by atoms with E-state index in [0.29, 0.717) is 16.9 Å². The van der Waals surface area contributed by atoms with Gasteiger partial charge in [-0.2, -0.15) is 0 Å². The summed E-state index contributed by atoms with van der Waals surface area (Å²) in [6, 6.07) is 8.68. The first-order valence-corrected chi connectivity index (χ1v) is 4.46. The van der Waals surface area contributed by atoms with Gasteiger partial charge in [0.2, 0.25) is 0 Å². The van der Waals surface area contributed by atoms with E-state index in [1.807, 2.05) is 0 Å². The van der Waals surface area contributed by atoms with Crippen molar-refractivity contribution in [3.05, 3.63) is 35.9 Å². The predicted octanol–water partition coefficient (Wildman–Crippen LogP) is 1.60. The first kappa shape index (κ1) is 9.45. The number of pyridine rings is 1. The van der Waals surface area contributed by atoms with Crippen molar-refractivity contribution in [1.82, 2.24) is 4.98 Å². The van der Waals surface area contributed by atoms with Gasteiger partial charge in [0.25, 0.3) is 0 Å². The largest absolute Gasteiger partial charge is 0.465 e. The third kappa shape index (κ3) is 1.61. The highest BCUT2D eigenvalue weighted by molar-refractivity contribution is 6.03. The zero-order chi connectivity index (χ0) is 10.8. The van der Waals surface area contributed by atoms with Crippen LogP contribution in [-0.2, 0) is 4.74 Å². The van der Waals surface area contributed by atoms with E-state index in [2.05, 4.69) is 9.72 Å².